The van der Waals surface area contributed by atoms with E-state index in [9.17, 15) is 0 Å². The van der Waals surface area contributed by atoms with Crippen molar-refractivity contribution in [2.24, 2.45) is 0 Å². The van der Waals surface area contributed by atoms with Gasteiger partial charge in [-0.1, -0.05) is 0 Å². The van der Waals surface area contributed by atoms with Crippen molar-refractivity contribution in [2.45, 2.75) is 85.2 Å². The fourth-order valence-electron chi connectivity index (χ4n) is 4.50. The monoisotopic (exact) mass is 682 g/mol. The van der Waals surface area contributed by atoms with Crippen LogP contribution in [0.2, 0.25) is 13.3 Å². The first-order valence-corrected chi connectivity index (χ1v) is 22.7. The van der Waals surface area contributed by atoms with Crippen molar-refractivity contribution in [3.05, 3.63) is 26.2 Å². The van der Waals surface area contributed by atoms with Gasteiger partial charge in [-0.3, -0.25) is 0 Å². The van der Waals surface area contributed by atoms with Gasteiger partial charge in [0.25, 0.3) is 0 Å². The molecule has 6 nitrogen and oxygen atoms in total. The molecule has 0 amide bonds. The molecule has 0 spiro atoms. The molecule has 2 aromatic heterocycles. The predicted molar refractivity (Wildman–Crippen MR) is 146 cm³/mol. The molecule has 2 fully saturated rings. The van der Waals surface area contributed by atoms with E-state index in [4.69, 9.17) is 23.9 Å². The van der Waals surface area contributed by atoms with Crippen molar-refractivity contribution in [1.82, 2.24) is 9.97 Å². The molecule has 0 aromatic carbocycles. The Hall–Kier alpha value is 0.379. The molecular weight excluding hydrogens is 643 g/mol. The van der Waals surface area contributed by atoms with Crippen molar-refractivity contribution in [3.8, 4) is 0 Å². The predicted octanol–water partition coefficient (Wildman–Crippen LogP) is 7.20. The molecule has 4 heterocycles. The summed E-state index contributed by atoms with van der Waals surface area (Å²) in [6, 6.07) is 0. The van der Waals surface area contributed by atoms with Crippen molar-refractivity contribution in [3.63, 3.8) is 0 Å². The fraction of sp³-hybridized carbons (Fsp3) is 0.750. The van der Waals surface area contributed by atoms with E-state index in [1.807, 2.05) is 22.2 Å². The minimum atomic E-state index is -2.40. The molecule has 0 atom stereocenters. The van der Waals surface area contributed by atoms with E-state index in [1.165, 1.54) is 63.2 Å². The summed E-state index contributed by atoms with van der Waals surface area (Å²) in [7, 11) is 0. The van der Waals surface area contributed by atoms with Gasteiger partial charge in [0.05, 0.1) is 13.2 Å². The third-order valence-corrected chi connectivity index (χ3v) is 27.0. The van der Waals surface area contributed by atoms with Crippen molar-refractivity contribution in [1.29, 1.82) is 0 Å². The van der Waals surface area contributed by atoms with Crippen LogP contribution in [0.15, 0.2) is 14.8 Å². The van der Waals surface area contributed by atoms with Crippen LogP contribution >= 0.6 is 38.6 Å². The first kappa shape index (κ1) is 28.9. The molecule has 2 saturated heterocycles. The van der Waals surface area contributed by atoms with E-state index in [-0.39, 0.29) is 12.6 Å². The maximum atomic E-state index is 5.80. The Morgan fingerprint density at radius 2 is 1.38 bits per heavy atom. The molecule has 192 valence electrons. The van der Waals surface area contributed by atoms with E-state index < -0.39 is 18.4 Å². The molecule has 2 aromatic rings. The Labute approximate surface area is 225 Å². The maximum absolute atomic E-state index is 5.80. The number of thiazole rings is 2. The van der Waals surface area contributed by atoms with Gasteiger partial charge in [-0.05, 0) is 15.9 Å². The van der Waals surface area contributed by atoms with Crippen LogP contribution in [0.4, 0.5) is 0 Å². The first-order valence-electron chi connectivity index (χ1n) is 12.6. The molecule has 2 aliphatic rings. The van der Waals surface area contributed by atoms with Crippen LogP contribution in [0.25, 0.3) is 0 Å². The number of nitrogens with zero attached hydrogens (tertiary/aromatic N) is 2. The van der Waals surface area contributed by atoms with Crippen LogP contribution in [0.5, 0.6) is 0 Å². The van der Waals surface area contributed by atoms with Crippen LogP contribution < -0.4 is 2.89 Å². The number of ether oxygens (including phenoxy) is 4. The van der Waals surface area contributed by atoms with Gasteiger partial charge < -0.3 is 9.47 Å². The normalized spacial score (nSPS) is 17.3. The summed E-state index contributed by atoms with van der Waals surface area (Å²) in [6.45, 7) is 9.73. The van der Waals surface area contributed by atoms with Gasteiger partial charge in [-0.15, -0.1) is 11.3 Å². The second-order valence-corrected chi connectivity index (χ2v) is 25.9. The van der Waals surface area contributed by atoms with Gasteiger partial charge in [-0.2, -0.15) is 0 Å². The van der Waals surface area contributed by atoms with E-state index in [0.29, 0.717) is 26.4 Å². The van der Waals surface area contributed by atoms with Crippen molar-refractivity contribution < 1.29 is 18.9 Å². The van der Waals surface area contributed by atoms with Crippen LogP contribution in [0.1, 0.15) is 83.3 Å². The minimum absolute atomic E-state index is 0.183. The number of aromatic nitrogens is 2. The van der Waals surface area contributed by atoms with Crippen LogP contribution in [-0.2, 0) is 18.9 Å². The third-order valence-electron chi connectivity index (χ3n) is 6.31. The summed E-state index contributed by atoms with van der Waals surface area (Å²) in [4.78, 5) is 8.89. The fourth-order valence-corrected chi connectivity index (χ4v) is 25.9. The zero-order valence-electron chi connectivity index (χ0n) is 20.7. The molecular formula is C24H39BrN2O4S2Sn. The second kappa shape index (κ2) is 15.6. The summed E-state index contributed by atoms with van der Waals surface area (Å²) in [6.07, 6.45) is 7.65. The average Bonchev–Trinajstić information content (AvgIpc) is 3.65. The van der Waals surface area contributed by atoms with Crippen LogP contribution in [0.3, 0.4) is 0 Å². The Morgan fingerprint density at radius 3 is 1.85 bits per heavy atom. The zero-order chi connectivity index (χ0) is 24.2. The molecule has 0 saturated carbocycles. The molecule has 34 heavy (non-hydrogen) atoms. The Kier molecular flexibility index (Phi) is 13.3. The van der Waals surface area contributed by atoms with E-state index >= 15 is 0 Å². The zero-order valence-corrected chi connectivity index (χ0v) is 26.8. The van der Waals surface area contributed by atoms with Gasteiger partial charge >= 0.3 is 150 Å². The Balaban J connectivity index is 0.000000243. The molecule has 4 rings (SSSR count). The van der Waals surface area contributed by atoms with E-state index in [2.05, 4.69) is 41.7 Å². The standard InChI is InChI=1S/C6H6BrNO2S.C6H6NO2S.3C4H9.Sn/c7-6-8-4(3-11-6)5-9-1-2-10-5;1-2-9-6(8-1)5-3-10-4-7-5;3*1-3-4-2;/h3,5H,1-2H2;4,6H,1-2H2;3*1,3-4H2,2H3;. The molecule has 2 aliphatic heterocycles. The third kappa shape index (κ3) is 8.19. The topological polar surface area (TPSA) is 62.7 Å². The Bertz CT molecular complexity index is 804. The number of rotatable bonds is 12. The molecule has 0 aliphatic carbocycles. The molecule has 0 radical (unpaired) electrons. The summed E-state index contributed by atoms with van der Waals surface area (Å²) in [5, 5.41) is 1.93. The van der Waals surface area contributed by atoms with Gasteiger partial charge in [0.2, 0.25) is 6.29 Å². The SMILES string of the molecule is Brc1nc(C2OCCO2)cs1.CCC[CH2][Sn]([CH2]CCC)([CH2]CCC)[c]1scnc1C1OCCO1. The quantitative estimate of drug-likeness (QED) is 0.221. The van der Waals surface area contributed by atoms with Crippen molar-refractivity contribution >= 4 is 59.9 Å². The number of unbranched alkanes of at least 4 members (excludes halogenated alkanes) is 3. The molecule has 0 bridgehead atoms. The number of halogens is 1. The van der Waals surface area contributed by atoms with Crippen LogP contribution in [0, 0.1) is 0 Å². The van der Waals surface area contributed by atoms with Gasteiger partial charge in [0.15, 0.2) is 3.92 Å². The summed E-state index contributed by atoms with van der Waals surface area (Å²) >= 11 is 4.32. The molecule has 10 heteroatoms. The van der Waals surface area contributed by atoms with E-state index in [0.717, 1.165) is 15.3 Å². The average molecular weight is 682 g/mol. The summed E-state index contributed by atoms with van der Waals surface area (Å²) < 4.78 is 29.1. The molecule has 0 unspecified atom stereocenters. The number of hydrogen-bond acceptors (Lipinski definition) is 8. The van der Waals surface area contributed by atoms with Gasteiger partial charge in [0, 0.05) is 5.38 Å². The van der Waals surface area contributed by atoms with Gasteiger partial charge in [-0.25, -0.2) is 4.98 Å². The van der Waals surface area contributed by atoms with Crippen molar-refractivity contribution in [2.75, 3.05) is 26.4 Å². The molecule has 0 N–H and O–H groups in total. The van der Waals surface area contributed by atoms with Gasteiger partial charge in [0.1, 0.15) is 5.69 Å². The summed E-state index contributed by atoms with van der Waals surface area (Å²) in [5.41, 5.74) is 4.07. The number of hydrogen-bond donors (Lipinski definition) is 0. The first-order chi connectivity index (χ1) is 16.6. The van der Waals surface area contributed by atoms with Crippen LogP contribution in [-0.4, -0.2) is 54.8 Å². The second-order valence-electron chi connectivity index (χ2n) is 8.83. The Morgan fingerprint density at radius 1 is 0.853 bits per heavy atom. The summed E-state index contributed by atoms with van der Waals surface area (Å²) in [5.74, 6) is 0. The van der Waals surface area contributed by atoms with E-state index in [1.54, 1.807) is 2.89 Å².